The van der Waals surface area contributed by atoms with Gasteiger partial charge in [0.1, 0.15) is 11.5 Å². The number of nitro groups is 1. The molecule has 0 saturated carbocycles. The van der Waals surface area contributed by atoms with Crippen LogP contribution in [0.15, 0.2) is 91.1 Å². The molecule has 206 valence electrons. The van der Waals surface area contributed by atoms with Crippen LogP contribution in [-0.4, -0.2) is 56.2 Å². The number of halogens is 2. The molecule has 0 bridgehead atoms. The van der Waals surface area contributed by atoms with E-state index >= 15 is 0 Å². The Morgan fingerprint density at radius 3 is 2.32 bits per heavy atom. The molecule has 41 heavy (non-hydrogen) atoms. The lowest BCUT2D eigenvalue weighted by atomic mass is 10.1. The maximum absolute atomic E-state index is 13.3. The van der Waals surface area contributed by atoms with E-state index in [-0.39, 0.29) is 17.4 Å². The second kappa shape index (κ2) is 11.1. The standard InChI is InChI=1S/C31H25ClFN5O3/c32-25-9-4-21(5-10-25)30-28(20-35-14-16-36(17-15-35)31(39)22-6-11-26(33)12-7-22)37-19-24(8-13-29(37)34-30)23-2-1-3-27(18-23)38(40)41/h1-13,18-19H,14-17,20H2. The molecule has 6 rings (SSSR count). The van der Waals surface area contributed by atoms with Crippen LogP contribution in [0.4, 0.5) is 10.1 Å². The van der Waals surface area contributed by atoms with E-state index in [1.54, 1.807) is 17.0 Å². The number of piperazine rings is 1. The molecule has 0 aliphatic carbocycles. The van der Waals surface area contributed by atoms with Crippen LogP contribution in [0.1, 0.15) is 16.1 Å². The first kappa shape index (κ1) is 26.6. The molecule has 1 saturated heterocycles. The summed E-state index contributed by atoms with van der Waals surface area (Å²) in [6.07, 6.45) is 1.96. The van der Waals surface area contributed by atoms with Gasteiger partial charge in [-0.15, -0.1) is 0 Å². The van der Waals surface area contributed by atoms with Gasteiger partial charge in [-0.3, -0.25) is 19.8 Å². The lowest BCUT2D eigenvalue weighted by molar-refractivity contribution is -0.384. The van der Waals surface area contributed by atoms with Gasteiger partial charge in [-0.2, -0.15) is 0 Å². The summed E-state index contributed by atoms with van der Waals surface area (Å²) in [5, 5.41) is 12.0. The van der Waals surface area contributed by atoms with Crippen LogP contribution in [-0.2, 0) is 6.54 Å². The summed E-state index contributed by atoms with van der Waals surface area (Å²) in [5.74, 6) is -0.479. The lowest BCUT2D eigenvalue weighted by Gasteiger charge is -2.34. The Bertz CT molecular complexity index is 1750. The van der Waals surface area contributed by atoms with Gasteiger partial charge in [0.05, 0.1) is 16.3 Å². The smallest absolute Gasteiger partial charge is 0.270 e. The van der Waals surface area contributed by atoms with Crippen LogP contribution in [0.2, 0.25) is 5.02 Å². The molecule has 0 spiro atoms. The highest BCUT2D eigenvalue weighted by Crippen LogP contribution is 2.30. The number of carbonyl (C=O) groups excluding carboxylic acids is 1. The summed E-state index contributed by atoms with van der Waals surface area (Å²) in [4.78, 5) is 32.9. The second-order valence-corrected chi connectivity index (χ2v) is 10.4. The van der Waals surface area contributed by atoms with E-state index < -0.39 is 4.92 Å². The fourth-order valence-electron chi connectivity index (χ4n) is 5.15. The number of aromatic nitrogens is 2. The minimum atomic E-state index is -0.399. The highest BCUT2D eigenvalue weighted by molar-refractivity contribution is 6.30. The summed E-state index contributed by atoms with van der Waals surface area (Å²) >= 11 is 6.16. The first-order valence-corrected chi connectivity index (χ1v) is 13.5. The molecule has 1 aliphatic heterocycles. The van der Waals surface area contributed by atoms with Gasteiger partial charge in [0.2, 0.25) is 0 Å². The number of imidazole rings is 1. The van der Waals surface area contributed by atoms with Gasteiger partial charge in [-0.05, 0) is 59.7 Å². The first-order valence-electron chi connectivity index (χ1n) is 13.1. The van der Waals surface area contributed by atoms with Crippen LogP contribution < -0.4 is 0 Å². The Hall–Kier alpha value is -4.60. The monoisotopic (exact) mass is 569 g/mol. The number of non-ortho nitro benzene ring substituents is 1. The number of rotatable bonds is 6. The van der Waals surface area contributed by atoms with Crippen LogP contribution >= 0.6 is 11.6 Å². The maximum atomic E-state index is 13.3. The van der Waals surface area contributed by atoms with E-state index in [2.05, 4.69) is 4.90 Å². The van der Waals surface area contributed by atoms with Crippen molar-refractivity contribution in [3.63, 3.8) is 0 Å². The van der Waals surface area contributed by atoms with E-state index in [1.165, 1.54) is 30.3 Å². The van der Waals surface area contributed by atoms with Crippen molar-refractivity contribution in [2.24, 2.45) is 0 Å². The van der Waals surface area contributed by atoms with Crippen molar-refractivity contribution in [2.75, 3.05) is 26.2 Å². The van der Waals surface area contributed by atoms with Gasteiger partial charge in [-0.1, -0.05) is 35.9 Å². The van der Waals surface area contributed by atoms with Crippen molar-refractivity contribution < 1.29 is 14.1 Å². The van der Waals surface area contributed by atoms with Gasteiger partial charge in [0.25, 0.3) is 11.6 Å². The van der Waals surface area contributed by atoms with Crippen LogP contribution in [0.5, 0.6) is 0 Å². The largest absolute Gasteiger partial charge is 0.336 e. The third kappa shape index (κ3) is 5.54. The van der Waals surface area contributed by atoms with E-state index in [0.29, 0.717) is 43.3 Å². The minimum Gasteiger partial charge on any atom is -0.336 e. The van der Waals surface area contributed by atoms with Crippen molar-refractivity contribution >= 4 is 28.8 Å². The van der Waals surface area contributed by atoms with E-state index in [0.717, 1.165) is 33.7 Å². The molecule has 1 fully saturated rings. The van der Waals surface area contributed by atoms with Gasteiger partial charge in [-0.25, -0.2) is 9.37 Å². The zero-order chi connectivity index (χ0) is 28.5. The molecule has 1 amide bonds. The molecule has 3 aromatic carbocycles. The molecule has 10 heteroatoms. The van der Waals surface area contributed by atoms with E-state index in [1.807, 2.05) is 53.1 Å². The minimum absolute atomic E-state index is 0.0309. The average Bonchev–Trinajstić information content (AvgIpc) is 3.35. The Kier molecular flexibility index (Phi) is 7.21. The summed E-state index contributed by atoms with van der Waals surface area (Å²) < 4.78 is 15.3. The number of fused-ring (bicyclic) bond motifs is 1. The normalized spacial score (nSPS) is 14.0. The molecule has 5 aromatic rings. The maximum Gasteiger partial charge on any atom is 0.270 e. The highest BCUT2D eigenvalue weighted by Gasteiger charge is 2.25. The van der Waals surface area contributed by atoms with Crippen molar-refractivity contribution in [1.29, 1.82) is 0 Å². The molecule has 0 atom stereocenters. The molecule has 1 aliphatic rings. The molecule has 0 radical (unpaired) electrons. The van der Waals surface area contributed by atoms with Crippen LogP contribution in [0.3, 0.4) is 0 Å². The predicted molar refractivity (Wildman–Crippen MR) is 155 cm³/mol. The van der Waals surface area contributed by atoms with Crippen molar-refractivity contribution in [3.8, 4) is 22.4 Å². The van der Waals surface area contributed by atoms with Crippen molar-refractivity contribution in [3.05, 3.63) is 123 Å². The number of nitrogens with zero attached hydrogens (tertiary/aromatic N) is 5. The molecular formula is C31H25ClFN5O3. The number of carbonyl (C=O) groups is 1. The Morgan fingerprint density at radius 1 is 0.902 bits per heavy atom. The van der Waals surface area contributed by atoms with E-state index in [9.17, 15) is 19.3 Å². The van der Waals surface area contributed by atoms with E-state index in [4.69, 9.17) is 16.6 Å². The molecule has 8 nitrogen and oxygen atoms in total. The van der Waals surface area contributed by atoms with Gasteiger partial charge < -0.3 is 9.30 Å². The second-order valence-electron chi connectivity index (χ2n) is 9.94. The number of hydrogen-bond donors (Lipinski definition) is 0. The van der Waals surface area contributed by atoms with Crippen LogP contribution in [0, 0.1) is 15.9 Å². The lowest BCUT2D eigenvalue weighted by Crippen LogP contribution is -2.48. The average molecular weight is 570 g/mol. The van der Waals surface area contributed by atoms with Gasteiger partial charge in [0, 0.05) is 67.2 Å². The number of hydrogen-bond acceptors (Lipinski definition) is 5. The van der Waals surface area contributed by atoms with Gasteiger partial charge >= 0.3 is 0 Å². The Balaban J connectivity index is 1.31. The molecule has 3 heterocycles. The summed E-state index contributed by atoms with van der Waals surface area (Å²) in [6.45, 7) is 2.98. The Morgan fingerprint density at radius 2 is 1.61 bits per heavy atom. The third-order valence-electron chi connectivity index (χ3n) is 7.35. The molecule has 0 unspecified atom stereocenters. The van der Waals surface area contributed by atoms with Gasteiger partial charge in [0.15, 0.2) is 0 Å². The van der Waals surface area contributed by atoms with Crippen molar-refractivity contribution in [1.82, 2.24) is 19.2 Å². The van der Waals surface area contributed by atoms with Crippen molar-refractivity contribution in [2.45, 2.75) is 6.54 Å². The number of amides is 1. The molecule has 2 aromatic heterocycles. The zero-order valence-electron chi connectivity index (χ0n) is 21.9. The number of nitro benzene ring substituents is 1. The fourth-order valence-corrected chi connectivity index (χ4v) is 5.28. The summed E-state index contributed by atoms with van der Waals surface area (Å²) in [7, 11) is 0. The zero-order valence-corrected chi connectivity index (χ0v) is 22.7. The Labute approximate surface area is 240 Å². The van der Waals surface area contributed by atoms with Crippen LogP contribution in [0.25, 0.3) is 28.0 Å². The molecular weight excluding hydrogens is 545 g/mol. The number of pyridine rings is 1. The number of benzene rings is 3. The summed E-state index contributed by atoms with van der Waals surface area (Å²) in [6, 6.07) is 23.6. The highest BCUT2D eigenvalue weighted by atomic mass is 35.5. The topological polar surface area (TPSA) is 84.0 Å². The summed E-state index contributed by atoms with van der Waals surface area (Å²) in [5.41, 5.74) is 5.54. The molecule has 0 N–H and O–H groups in total. The quantitative estimate of drug-likeness (QED) is 0.176. The SMILES string of the molecule is O=C(c1ccc(F)cc1)N1CCN(Cc2c(-c3ccc(Cl)cc3)nc3ccc(-c4cccc([N+](=O)[O-])c4)cn23)CC1. The predicted octanol–water partition coefficient (Wildman–Crippen LogP) is 6.33. The fraction of sp³-hybridized carbons (Fsp3) is 0.161. The first-order chi connectivity index (χ1) is 19.9. The third-order valence-corrected chi connectivity index (χ3v) is 7.60.